The predicted octanol–water partition coefficient (Wildman–Crippen LogP) is 18.0. The zero-order chi connectivity index (χ0) is 42.8. The molecule has 59 heavy (non-hydrogen) atoms. The highest BCUT2D eigenvalue weighted by Gasteiger charge is 2.11. The molecule has 0 aliphatic heterocycles. The number of hydrogen-bond acceptors (Lipinski definition) is 3. The van der Waals surface area contributed by atoms with Crippen LogP contribution in [0.1, 0.15) is 316 Å². The second kappa shape index (κ2) is 51.2. The maximum atomic E-state index is 12.4. The van der Waals surface area contributed by atoms with Crippen LogP contribution in [0.2, 0.25) is 0 Å². The molecule has 0 heterocycles. The minimum Gasteiger partial charge on any atom is -0.394 e. The fraction of sp³-hybridized carbons (Fsp3) is 0.927. The Labute approximate surface area is 370 Å². The van der Waals surface area contributed by atoms with Gasteiger partial charge in [0.25, 0.3) is 0 Å². The molecule has 0 fully saturated rings. The molecule has 0 aromatic rings. The van der Waals surface area contributed by atoms with Gasteiger partial charge in [-0.2, -0.15) is 0 Å². The van der Waals surface area contributed by atoms with Crippen molar-refractivity contribution < 1.29 is 14.7 Å². The number of aliphatic hydroxyl groups excluding tert-OH is 1. The average molecular weight is 830 g/mol. The quantitative estimate of drug-likeness (QED) is 0.0474. The largest absolute Gasteiger partial charge is 0.394 e. The summed E-state index contributed by atoms with van der Waals surface area (Å²) in [5.41, 5.74) is 0. The summed E-state index contributed by atoms with van der Waals surface area (Å²) in [4.78, 5) is 24.7. The van der Waals surface area contributed by atoms with Gasteiger partial charge in [-0.25, -0.2) is 0 Å². The number of carbonyl (C=O) groups is 2. The molecular weight excluding hydrogens is 723 g/mol. The molecule has 0 aliphatic carbocycles. The molecule has 0 bridgehead atoms. The van der Waals surface area contributed by atoms with Gasteiger partial charge in [0, 0.05) is 19.3 Å². The van der Waals surface area contributed by atoms with E-state index in [1.54, 1.807) is 0 Å². The topological polar surface area (TPSA) is 66.4 Å². The minimum absolute atomic E-state index is 0.0581. The summed E-state index contributed by atoms with van der Waals surface area (Å²) in [6.45, 7) is 4.63. The minimum atomic E-state index is -0.0701. The summed E-state index contributed by atoms with van der Waals surface area (Å²) in [6, 6.07) is -0.0701. The molecule has 0 rings (SSSR count). The highest BCUT2D eigenvalue weighted by molar-refractivity contribution is 5.78. The third-order valence-electron chi connectivity index (χ3n) is 12.8. The number of allylic oxidation sites excluding steroid dienone is 2. The Balaban J connectivity index is 3.36. The SMILES string of the molecule is CCCCCCCC/C=C\CCCCCCCCCCCC(=O)CCCCCCCCCCCCCCC(=O)N[C@@H](CO)CCCCCCCCCCCCCCCC. The molecule has 4 heteroatoms. The molecule has 1 amide bonds. The monoisotopic (exact) mass is 830 g/mol. The molecule has 0 saturated carbocycles. The van der Waals surface area contributed by atoms with E-state index in [1.807, 2.05) is 0 Å². The van der Waals surface area contributed by atoms with E-state index in [4.69, 9.17) is 0 Å². The van der Waals surface area contributed by atoms with Crippen LogP contribution in [0.5, 0.6) is 0 Å². The lowest BCUT2D eigenvalue weighted by molar-refractivity contribution is -0.122. The highest BCUT2D eigenvalue weighted by Crippen LogP contribution is 2.17. The van der Waals surface area contributed by atoms with E-state index in [-0.39, 0.29) is 18.6 Å². The van der Waals surface area contributed by atoms with Crippen molar-refractivity contribution in [3.8, 4) is 0 Å². The predicted molar refractivity (Wildman–Crippen MR) is 262 cm³/mol. The molecule has 0 unspecified atom stereocenters. The summed E-state index contributed by atoms with van der Waals surface area (Å²) in [6.07, 6.45) is 64.4. The number of unbranched alkanes of at least 4 members (excludes halogenated alkanes) is 39. The lowest BCUT2D eigenvalue weighted by Gasteiger charge is -2.16. The highest BCUT2D eigenvalue weighted by atomic mass is 16.3. The molecule has 0 radical (unpaired) electrons. The maximum absolute atomic E-state index is 12.4. The first-order chi connectivity index (χ1) is 29.1. The lowest BCUT2D eigenvalue weighted by Crippen LogP contribution is -2.37. The zero-order valence-corrected chi connectivity index (χ0v) is 40.4. The number of carbonyl (C=O) groups excluding carboxylic acids is 2. The Bertz CT molecular complexity index is 855. The number of nitrogens with one attached hydrogen (secondary N) is 1. The fourth-order valence-corrected chi connectivity index (χ4v) is 8.69. The van der Waals surface area contributed by atoms with Gasteiger partial charge in [0.2, 0.25) is 5.91 Å². The van der Waals surface area contributed by atoms with Crippen LogP contribution < -0.4 is 5.32 Å². The van der Waals surface area contributed by atoms with E-state index >= 15 is 0 Å². The Morgan fingerprint density at radius 1 is 0.373 bits per heavy atom. The Morgan fingerprint density at radius 3 is 0.966 bits per heavy atom. The molecule has 0 aromatic heterocycles. The molecule has 0 aliphatic rings. The van der Waals surface area contributed by atoms with E-state index in [2.05, 4.69) is 31.3 Å². The maximum Gasteiger partial charge on any atom is 0.220 e. The van der Waals surface area contributed by atoms with Crippen molar-refractivity contribution in [2.24, 2.45) is 0 Å². The number of Topliss-reactive ketones (excluding diaryl/α,β-unsaturated/α-hetero) is 1. The number of hydrogen-bond donors (Lipinski definition) is 2. The Hall–Kier alpha value is -1.16. The summed E-state index contributed by atoms with van der Waals surface area (Å²) in [5, 5.41) is 12.8. The van der Waals surface area contributed by atoms with Gasteiger partial charge in [-0.3, -0.25) is 9.59 Å². The van der Waals surface area contributed by atoms with Gasteiger partial charge < -0.3 is 10.4 Å². The van der Waals surface area contributed by atoms with Crippen molar-refractivity contribution in [1.82, 2.24) is 5.32 Å². The van der Waals surface area contributed by atoms with E-state index in [0.717, 1.165) is 51.4 Å². The van der Waals surface area contributed by atoms with Crippen molar-refractivity contribution in [2.75, 3.05) is 6.61 Å². The van der Waals surface area contributed by atoms with E-state index in [9.17, 15) is 14.7 Å². The summed E-state index contributed by atoms with van der Waals surface area (Å²) >= 11 is 0. The molecular formula is C55H107NO3. The van der Waals surface area contributed by atoms with Crippen LogP contribution in [0.15, 0.2) is 12.2 Å². The van der Waals surface area contributed by atoms with Crippen molar-refractivity contribution >= 4 is 11.7 Å². The van der Waals surface area contributed by atoms with Gasteiger partial charge in [0.1, 0.15) is 5.78 Å². The van der Waals surface area contributed by atoms with Crippen molar-refractivity contribution in [3.63, 3.8) is 0 Å². The lowest BCUT2D eigenvalue weighted by atomic mass is 10.0. The second-order valence-corrected chi connectivity index (χ2v) is 18.9. The molecule has 350 valence electrons. The third kappa shape index (κ3) is 49.4. The Morgan fingerprint density at radius 2 is 0.644 bits per heavy atom. The van der Waals surface area contributed by atoms with E-state index in [1.165, 1.54) is 244 Å². The number of ketones is 1. The molecule has 0 aromatic carbocycles. The van der Waals surface area contributed by atoms with Crippen LogP contribution in [-0.2, 0) is 9.59 Å². The molecule has 2 N–H and O–H groups in total. The van der Waals surface area contributed by atoms with Gasteiger partial charge in [0.05, 0.1) is 12.6 Å². The molecule has 4 nitrogen and oxygen atoms in total. The smallest absolute Gasteiger partial charge is 0.220 e. The van der Waals surface area contributed by atoms with Gasteiger partial charge in [0.15, 0.2) is 0 Å². The van der Waals surface area contributed by atoms with Crippen LogP contribution >= 0.6 is 0 Å². The first kappa shape index (κ1) is 57.8. The van der Waals surface area contributed by atoms with Crippen molar-refractivity contribution in [3.05, 3.63) is 12.2 Å². The third-order valence-corrected chi connectivity index (χ3v) is 12.8. The number of aliphatic hydroxyl groups is 1. The van der Waals surface area contributed by atoms with Crippen LogP contribution in [-0.4, -0.2) is 29.4 Å². The summed E-state index contributed by atoms with van der Waals surface area (Å²) in [5.74, 6) is 0.616. The second-order valence-electron chi connectivity index (χ2n) is 18.9. The molecule has 0 saturated heterocycles. The van der Waals surface area contributed by atoms with E-state index in [0.29, 0.717) is 12.2 Å². The number of rotatable bonds is 51. The van der Waals surface area contributed by atoms with Crippen LogP contribution in [0, 0.1) is 0 Å². The van der Waals surface area contributed by atoms with Gasteiger partial charge in [-0.15, -0.1) is 0 Å². The Kier molecular flexibility index (Phi) is 50.2. The fourth-order valence-electron chi connectivity index (χ4n) is 8.69. The normalized spacial score (nSPS) is 12.2. The summed E-state index contributed by atoms with van der Waals surface area (Å²) in [7, 11) is 0. The van der Waals surface area contributed by atoms with Crippen LogP contribution in [0.3, 0.4) is 0 Å². The number of amides is 1. The van der Waals surface area contributed by atoms with E-state index < -0.39 is 0 Å². The molecule has 1 atom stereocenters. The summed E-state index contributed by atoms with van der Waals surface area (Å²) < 4.78 is 0. The van der Waals surface area contributed by atoms with Crippen molar-refractivity contribution in [2.45, 2.75) is 322 Å². The molecule has 0 spiro atoms. The first-order valence-electron chi connectivity index (χ1n) is 27.2. The standard InChI is InChI=1S/C55H107NO3/c1-3-5-7-9-11-13-15-17-19-20-21-22-23-25-29-33-37-41-45-49-54(58)50-46-42-38-34-30-26-27-31-35-39-43-47-51-55(59)56-53(52-57)48-44-40-36-32-28-24-18-16-14-12-10-8-6-4-2/h17,19,53,57H,3-16,18,20-52H2,1-2H3,(H,56,59)/b19-17-/t53-/m1/s1. The van der Waals surface area contributed by atoms with Gasteiger partial charge in [-0.05, 0) is 51.4 Å². The zero-order valence-electron chi connectivity index (χ0n) is 40.4. The van der Waals surface area contributed by atoms with Crippen LogP contribution in [0.25, 0.3) is 0 Å². The van der Waals surface area contributed by atoms with Crippen molar-refractivity contribution in [1.29, 1.82) is 0 Å². The van der Waals surface area contributed by atoms with Gasteiger partial charge in [-0.1, -0.05) is 257 Å². The van der Waals surface area contributed by atoms with Crippen LogP contribution in [0.4, 0.5) is 0 Å². The van der Waals surface area contributed by atoms with Gasteiger partial charge >= 0.3 is 0 Å². The first-order valence-corrected chi connectivity index (χ1v) is 27.2. The average Bonchev–Trinajstić information content (AvgIpc) is 3.24.